The van der Waals surface area contributed by atoms with Crippen LogP contribution in [0.5, 0.6) is 5.75 Å². The minimum Gasteiger partial charge on any atom is -0.508 e. The highest BCUT2D eigenvalue weighted by atomic mass is 16.3. The number of anilines is 1. The first kappa shape index (κ1) is 11.3. The van der Waals surface area contributed by atoms with Crippen LogP contribution in [0.3, 0.4) is 0 Å². The summed E-state index contributed by atoms with van der Waals surface area (Å²) in [4.78, 5) is 11.9. The van der Waals surface area contributed by atoms with Crippen molar-refractivity contribution in [2.45, 2.75) is 6.92 Å². The van der Waals surface area contributed by atoms with Gasteiger partial charge in [-0.3, -0.25) is 4.79 Å². The Bertz CT molecular complexity index is 541. The highest BCUT2D eigenvalue weighted by Crippen LogP contribution is 2.15. The molecule has 0 aliphatic carbocycles. The second kappa shape index (κ2) is 4.33. The molecule has 0 bridgehead atoms. The molecule has 0 spiro atoms. The van der Waals surface area contributed by atoms with Crippen LogP contribution in [0.1, 0.15) is 16.2 Å². The quantitative estimate of drug-likeness (QED) is 0.778. The SMILES string of the molecule is Cc1ccc(C(=O)Nc2ccc(O)cc2)n1C. The van der Waals surface area contributed by atoms with Gasteiger partial charge in [0.1, 0.15) is 11.4 Å². The van der Waals surface area contributed by atoms with E-state index >= 15 is 0 Å². The molecule has 17 heavy (non-hydrogen) atoms. The number of rotatable bonds is 2. The summed E-state index contributed by atoms with van der Waals surface area (Å²) in [6.45, 7) is 1.94. The third-order valence-electron chi connectivity index (χ3n) is 2.73. The Morgan fingerprint density at radius 3 is 2.35 bits per heavy atom. The number of carbonyl (C=O) groups is 1. The molecule has 0 fully saturated rings. The average Bonchev–Trinajstić information content (AvgIpc) is 2.63. The molecule has 1 aromatic carbocycles. The fourth-order valence-corrected chi connectivity index (χ4v) is 1.58. The number of carbonyl (C=O) groups excluding carboxylic acids is 1. The van der Waals surface area contributed by atoms with E-state index in [4.69, 9.17) is 5.11 Å². The first-order valence-corrected chi connectivity index (χ1v) is 5.30. The lowest BCUT2D eigenvalue weighted by Gasteiger charge is -2.07. The van der Waals surface area contributed by atoms with Gasteiger partial charge in [-0.2, -0.15) is 0 Å². The third-order valence-corrected chi connectivity index (χ3v) is 2.73. The monoisotopic (exact) mass is 230 g/mol. The lowest BCUT2D eigenvalue weighted by molar-refractivity contribution is 0.101. The predicted octanol–water partition coefficient (Wildman–Crippen LogP) is 2.29. The molecular weight excluding hydrogens is 216 g/mol. The highest BCUT2D eigenvalue weighted by molar-refractivity contribution is 6.03. The van der Waals surface area contributed by atoms with Gasteiger partial charge in [0.05, 0.1) is 0 Å². The van der Waals surface area contributed by atoms with E-state index in [0.717, 1.165) is 5.69 Å². The zero-order valence-electron chi connectivity index (χ0n) is 9.77. The first-order valence-electron chi connectivity index (χ1n) is 5.30. The van der Waals surface area contributed by atoms with Crippen molar-refractivity contribution < 1.29 is 9.90 Å². The Morgan fingerprint density at radius 2 is 1.82 bits per heavy atom. The molecule has 0 saturated carbocycles. The molecule has 0 atom stereocenters. The summed E-state index contributed by atoms with van der Waals surface area (Å²) in [7, 11) is 1.85. The van der Waals surface area contributed by atoms with E-state index in [0.29, 0.717) is 11.4 Å². The Kier molecular flexibility index (Phi) is 2.87. The maximum absolute atomic E-state index is 11.9. The number of aryl methyl sites for hydroxylation is 1. The van der Waals surface area contributed by atoms with Crippen molar-refractivity contribution in [3.05, 3.63) is 47.8 Å². The largest absolute Gasteiger partial charge is 0.508 e. The number of aromatic nitrogens is 1. The van der Waals surface area contributed by atoms with E-state index in [1.807, 2.05) is 24.6 Å². The molecular formula is C13H14N2O2. The number of aromatic hydroxyl groups is 1. The second-order valence-corrected chi connectivity index (χ2v) is 3.92. The number of nitrogens with zero attached hydrogens (tertiary/aromatic N) is 1. The predicted molar refractivity (Wildman–Crippen MR) is 66.2 cm³/mol. The van der Waals surface area contributed by atoms with Crippen molar-refractivity contribution in [2.24, 2.45) is 7.05 Å². The average molecular weight is 230 g/mol. The fourth-order valence-electron chi connectivity index (χ4n) is 1.58. The van der Waals surface area contributed by atoms with Crippen molar-refractivity contribution >= 4 is 11.6 Å². The molecule has 4 heteroatoms. The maximum atomic E-state index is 11.9. The Morgan fingerprint density at radius 1 is 1.18 bits per heavy atom. The summed E-state index contributed by atoms with van der Waals surface area (Å²) in [5.74, 6) is 0.0176. The number of benzene rings is 1. The molecule has 0 saturated heterocycles. The number of nitrogens with one attached hydrogen (secondary N) is 1. The lowest BCUT2D eigenvalue weighted by atomic mass is 10.3. The van der Waals surface area contributed by atoms with E-state index in [9.17, 15) is 4.79 Å². The standard InChI is InChI=1S/C13H14N2O2/c1-9-3-8-12(15(9)2)13(17)14-10-4-6-11(16)7-5-10/h3-8,16H,1-2H3,(H,14,17). The minimum atomic E-state index is -0.161. The van der Waals surface area contributed by atoms with Crippen LogP contribution in [0.25, 0.3) is 0 Å². The molecule has 0 radical (unpaired) electrons. The zero-order chi connectivity index (χ0) is 12.4. The van der Waals surface area contributed by atoms with Gasteiger partial charge < -0.3 is 15.0 Å². The summed E-state index contributed by atoms with van der Waals surface area (Å²) >= 11 is 0. The summed E-state index contributed by atoms with van der Waals surface area (Å²) in [6.07, 6.45) is 0. The molecule has 0 aliphatic heterocycles. The van der Waals surface area contributed by atoms with Crippen LogP contribution >= 0.6 is 0 Å². The van der Waals surface area contributed by atoms with Crippen LogP contribution in [0.4, 0.5) is 5.69 Å². The summed E-state index contributed by atoms with van der Waals surface area (Å²) < 4.78 is 1.83. The number of phenols is 1. The molecule has 0 aliphatic rings. The van der Waals surface area contributed by atoms with Gasteiger partial charge in [0.2, 0.25) is 0 Å². The molecule has 2 rings (SSSR count). The van der Waals surface area contributed by atoms with Gasteiger partial charge in [0.25, 0.3) is 5.91 Å². The van der Waals surface area contributed by atoms with Crippen molar-refractivity contribution in [3.8, 4) is 5.75 Å². The second-order valence-electron chi connectivity index (χ2n) is 3.92. The van der Waals surface area contributed by atoms with Crippen LogP contribution in [-0.2, 0) is 7.05 Å². The van der Waals surface area contributed by atoms with Gasteiger partial charge in [0.15, 0.2) is 0 Å². The Hall–Kier alpha value is -2.23. The van der Waals surface area contributed by atoms with E-state index < -0.39 is 0 Å². The number of hydrogen-bond donors (Lipinski definition) is 2. The molecule has 4 nitrogen and oxygen atoms in total. The van der Waals surface area contributed by atoms with Gasteiger partial charge in [-0.25, -0.2) is 0 Å². The lowest BCUT2D eigenvalue weighted by Crippen LogP contribution is -2.15. The summed E-state index contributed by atoms with van der Waals surface area (Å²) in [5, 5.41) is 11.9. The highest BCUT2D eigenvalue weighted by Gasteiger charge is 2.10. The van der Waals surface area contributed by atoms with Gasteiger partial charge in [-0.05, 0) is 43.3 Å². The van der Waals surface area contributed by atoms with Crippen LogP contribution in [0, 0.1) is 6.92 Å². The van der Waals surface area contributed by atoms with Crippen molar-refractivity contribution in [1.29, 1.82) is 0 Å². The number of hydrogen-bond acceptors (Lipinski definition) is 2. The molecule has 1 aromatic heterocycles. The van der Waals surface area contributed by atoms with Crippen LogP contribution < -0.4 is 5.32 Å². The van der Waals surface area contributed by atoms with Crippen LogP contribution in [0.2, 0.25) is 0 Å². The molecule has 88 valence electrons. The van der Waals surface area contributed by atoms with Gasteiger partial charge in [-0.15, -0.1) is 0 Å². The molecule has 2 N–H and O–H groups in total. The van der Waals surface area contributed by atoms with E-state index in [1.165, 1.54) is 12.1 Å². The Labute approximate surface area is 99.5 Å². The van der Waals surface area contributed by atoms with E-state index in [2.05, 4.69) is 5.32 Å². The van der Waals surface area contributed by atoms with E-state index in [1.54, 1.807) is 18.2 Å². The van der Waals surface area contributed by atoms with Gasteiger partial charge in [0, 0.05) is 18.4 Å². The summed E-state index contributed by atoms with van der Waals surface area (Å²) in [6, 6.07) is 10.1. The smallest absolute Gasteiger partial charge is 0.272 e. The molecule has 2 aromatic rings. The topological polar surface area (TPSA) is 54.3 Å². The fraction of sp³-hybridized carbons (Fsp3) is 0.154. The molecule has 1 heterocycles. The first-order chi connectivity index (χ1) is 8.08. The summed E-state index contributed by atoms with van der Waals surface area (Å²) in [5.41, 5.74) is 2.29. The third kappa shape index (κ3) is 2.30. The molecule has 1 amide bonds. The van der Waals surface area contributed by atoms with Crippen molar-refractivity contribution in [3.63, 3.8) is 0 Å². The number of phenolic OH excluding ortho intramolecular Hbond substituents is 1. The Balaban J connectivity index is 2.17. The van der Waals surface area contributed by atoms with Crippen LogP contribution in [0.15, 0.2) is 36.4 Å². The number of amides is 1. The zero-order valence-corrected chi connectivity index (χ0v) is 9.77. The van der Waals surface area contributed by atoms with Crippen molar-refractivity contribution in [2.75, 3.05) is 5.32 Å². The van der Waals surface area contributed by atoms with Crippen LogP contribution in [-0.4, -0.2) is 15.6 Å². The minimum absolute atomic E-state index is 0.161. The molecule has 0 unspecified atom stereocenters. The van der Waals surface area contributed by atoms with Crippen molar-refractivity contribution in [1.82, 2.24) is 4.57 Å². The van der Waals surface area contributed by atoms with Gasteiger partial charge >= 0.3 is 0 Å². The normalized spacial score (nSPS) is 10.2. The van der Waals surface area contributed by atoms with Gasteiger partial charge in [-0.1, -0.05) is 0 Å². The maximum Gasteiger partial charge on any atom is 0.272 e. The van der Waals surface area contributed by atoms with E-state index in [-0.39, 0.29) is 11.7 Å².